The number of carbonyl (C=O) groups is 3. The lowest BCUT2D eigenvalue weighted by Gasteiger charge is -2.31. The molecule has 0 aliphatic carbocycles. The average molecular weight is 370 g/mol. The van der Waals surface area contributed by atoms with E-state index >= 15 is 0 Å². The van der Waals surface area contributed by atoms with E-state index in [2.05, 4.69) is 12.2 Å². The number of likely N-dealkylation sites (tertiary alicyclic amines) is 1. The van der Waals surface area contributed by atoms with E-state index in [1.54, 1.807) is 0 Å². The van der Waals surface area contributed by atoms with Gasteiger partial charge < -0.3 is 10.2 Å². The molecular weight excluding hydrogens is 334 g/mol. The van der Waals surface area contributed by atoms with E-state index in [0.29, 0.717) is 17.9 Å². The molecule has 1 rings (SSSR count). The molecule has 3 amide bonds. The predicted octanol–water partition coefficient (Wildman–Crippen LogP) is 2.18. The smallest absolute Gasteiger partial charge is 0.245 e. The topological polar surface area (TPSA) is 90.0 Å². The van der Waals surface area contributed by atoms with Crippen LogP contribution >= 0.6 is 0 Å². The molecule has 7 heteroatoms. The van der Waals surface area contributed by atoms with Crippen molar-refractivity contribution in [1.82, 2.24) is 15.3 Å². The third kappa shape index (κ3) is 6.27. The highest BCUT2D eigenvalue weighted by atomic mass is 16.5. The van der Waals surface area contributed by atoms with Crippen LogP contribution in [-0.2, 0) is 14.4 Å². The van der Waals surface area contributed by atoms with Crippen LogP contribution in [0.15, 0.2) is 0 Å². The van der Waals surface area contributed by atoms with Crippen molar-refractivity contribution in [2.45, 2.75) is 78.3 Å². The minimum absolute atomic E-state index is 0.0248. The summed E-state index contributed by atoms with van der Waals surface area (Å²) < 4.78 is 0. The molecule has 1 aliphatic heterocycles. The van der Waals surface area contributed by atoms with Crippen molar-refractivity contribution in [3.05, 3.63) is 0 Å². The molecular formula is C19H35N3O4. The maximum Gasteiger partial charge on any atom is 0.245 e. The fourth-order valence-corrected chi connectivity index (χ4v) is 3.54. The van der Waals surface area contributed by atoms with E-state index in [1.165, 1.54) is 0 Å². The van der Waals surface area contributed by atoms with Gasteiger partial charge in [0.15, 0.2) is 0 Å². The molecule has 0 saturated carbocycles. The van der Waals surface area contributed by atoms with Crippen LogP contribution in [0.3, 0.4) is 0 Å². The van der Waals surface area contributed by atoms with E-state index in [4.69, 9.17) is 0 Å². The SMILES string of the molecule is CCCC[C@H](CN(O)C=O)C(=O)N[C@H](C(=O)N1CCC[C@H]1CC)C(C)C. The molecule has 150 valence electrons. The summed E-state index contributed by atoms with van der Waals surface area (Å²) in [5.41, 5.74) is 0. The van der Waals surface area contributed by atoms with Crippen LogP contribution in [0.5, 0.6) is 0 Å². The summed E-state index contributed by atoms with van der Waals surface area (Å²) in [4.78, 5) is 38.4. The first-order chi connectivity index (χ1) is 12.3. The van der Waals surface area contributed by atoms with Gasteiger partial charge in [0.1, 0.15) is 6.04 Å². The molecule has 0 spiro atoms. The van der Waals surface area contributed by atoms with Gasteiger partial charge >= 0.3 is 0 Å². The standard InChI is InChI=1S/C19H35N3O4/c1-5-7-9-15(12-21(26)13-23)18(24)20-17(14(3)4)19(25)22-11-8-10-16(22)6-2/h13-17,26H,5-12H2,1-4H3,(H,20,24)/t15-,16-,17+/m1/s1. The van der Waals surface area contributed by atoms with Crippen LogP contribution in [-0.4, -0.2) is 58.6 Å². The van der Waals surface area contributed by atoms with Gasteiger partial charge in [0.25, 0.3) is 0 Å². The highest BCUT2D eigenvalue weighted by molar-refractivity contribution is 5.89. The van der Waals surface area contributed by atoms with Gasteiger partial charge in [-0.25, -0.2) is 5.06 Å². The molecule has 1 saturated heterocycles. The first-order valence-corrected chi connectivity index (χ1v) is 9.87. The molecule has 0 unspecified atom stereocenters. The number of hydrogen-bond donors (Lipinski definition) is 2. The summed E-state index contributed by atoms with van der Waals surface area (Å²) in [5.74, 6) is -0.866. The number of nitrogens with one attached hydrogen (secondary N) is 1. The minimum atomic E-state index is -0.581. The lowest BCUT2D eigenvalue weighted by Crippen LogP contribution is -2.54. The zero-order chi connectivity index (χ0) is 19.7. The van der Waals surface area contributed by atoms with E-state index in [0.717, 1.165) is 38.6 Å². The van der Waals surface area contributed by atoms with E-state index < -0.39 is 12.0 Å². The lowest BCUT2D eigenvalue weighted by molar-refractivity contribution is -0.155. The predicted molar refractivity (Wildman–Crippen MR) is 99.4 cm³/mol. The van der Waals surface area contributed by atoms with Crippen LogP contribution in [0.4, 0.5) is 0 Å². The molecule has 0 aromatic carbocycles. The summed E-state index contributed by atoms with van der Waals surface area (Å²) >= 11 is 0. The van der Waals surface area contributed by atoms with E-state index in [1.807, 2.05) is 25.7 Å². The van der Waals surface area contributed by atoms with Crippen LogP contribution in [0, 0.1) is 11.8 Å². The largest absolute Gasteiger partial charge is 0.344 e. The Hall–Kier alpha value is -1.63. The fraction of sp³-hybridized carbons (Fsp3) is 0.842. The Kier molecular flexibility index (Phi) is 9.62. The monoisotopic (exact) mass is 369 g/mol. The Balaban J connectivity index is 2.83. The summed E-state index contributed by atoms with van der Waals surface area (Å²) in [5, 5.41) is 12.9. The van der Waals surface area contributed by atoms with Gasteiger partial charge in [-0.3, -0.25) is 19.6 Å². The maximum atomic E-state index is 13.0. The highest BCUT2D eigenvalue weighted by Gasteiger charge is 2.35. The van der Waals surface area contributed by atoms with Crippen molar-refractivity contribution >= 4 is 18.2 Å². The van der Waals surface area contributed by atoms with Crippen molar-refractivity contribution in [3.63, 3.8) is 0 Å². The van der Waals surface area contributed by atoms with Crippen molar-refractivity contribution in [3.8, 4) is 0 Å². The van der Waals surface area contributed by atoms with Gasteiger partial charge in [0.2, 0.25) is 18.2 Å². The van der Waals surface area contributed by atoms with E-state index in [9.17, 15) is 19.6 Å². The lowest BCUT2D eigenvalue weighted by atomic mass is 9.97. The maximum absolute atomic E-state index is 13.0. The number of amides is 3. The number of rotatable bonds is 11. The molecule has 0 aromatic heterocycles. The molecule has 0 bridgehead atoms. The number of hydroxylamine groups is 2. The first kappa shape index (κ1) is 22.4. The second-order valence-corrected chi connectivity index (χ2v) is 7.53. The number of hydrogen-bond acceptors (Lipinski definition) is 4. The molecule has 7 nitrogen and oxygen atoms in total. The second-order valence-electron chi connectivity index (χ2n) is 7.53. The number of unbranched alkanes of at least 4 members (excludes halogenated alkanes) is 1. The van der Waals surface area contributed by atoms with E-state index in [-0.39, 0.29) is 30.3 Å². The van der Waals surface area contributed by atoms with Gasteiger partial charge in [0.05, 0.1) is 12.5 Å². The normalized spacial score (nSPS) is 19.3. The van der Waals surface area contributed by atoms with Gasteiger partial charge in [-0.1, -0.05) is 40.5 Å². The van der Waals surface area contributed by atoms with Crippen molar-refractivity contribution < 1.29 is 19.6 Å². The van der Waals surface area contributed by atoms with Crippen LogP contribution < -0.4 is 5.32 Å². The van der Waals surface area contributed by atoms with Crippen LogP contribution in [0.25, 0.3) is 0 Å². The molecule has 3 atom stereocenters. The van der Waals surface area contributed by atoms with Crippen molar-refractivity contribution in [2.75, 3.05) is 13.1 Å². The third-order valence-electron chi connectivity index (χ3n) is 5.17. The Morgan fingerprint density at radius 2 is 2.04 bits per heavy atom. The summed E-state index contributed by atoms with van der Waals surface area (Å²) in [6.45, 7) is 8.62. The zero-order valence-corrected chi connectivity index (χ0v) is 16.6. The Morgan fingerprint density at radius 1 is 1.35 bits per heavy atom. The third-order valence-corrected chi connectivity index (χ3v) is 5.17. The van der Waals surface area contributed by atoms with Crippen molar-refractivity contribution in [2.24, 2.45) is 11.8 Å². The molecule has 1 fully saturated rings. The highest BCUT2D eigenvalue weighted by Crippen LogP contribution is 2.22. The van der Waals surface area contributed by atoms with Gasteiger partial charge in [0, 0.05) is 12.6 Å². The molecule has 2 N–H and O–H groups in total. The van der Waals surface area contributed by atoms with Crippen LogP contribution in [0.1, 0.15) is 66.2 Å². The Labute approximate surface area is 157 Å². The molecule has 1 aliphatic rings. The summed E-state index contributed by atoms with van der Waals surface area (Å²) in [6, 6.07) is -0.332. The molecule has 0 aromatic rings. The fourth-order valence-electron chi connectivity index (χ4n) is 3.54. The second kappa shape index (κ2) is 11.2. The number of nitrogens with zero attached hydrogens (tertiary/aromatic N) is 2. The average Bonchev–Trinajstić information content (AvgIpc) is 3.10. The quantitative estimate of drug-likeness (QED) is 0.332. The van der Waals surface area contributed by atoms with Gasteiger partial charge in [-0.2, -0.15) is 0 Å². The first-order valence-electron chi connectivity index (χ1n) is 9.87. The Bertz CT molecular complexity index is 470. The summed E-state index contributed by atoms with van der Waals surface area (Å²) in [6.07, 6.45) is 5.52. The number of carbonyl (C=O) groups excluding carboxylic acids is 3. The molecule has 26 heavy (non-hydrogen) atoms. The molecule has 1 heterocycles. The van der Waals surface area contributed by atoms with Gasteiger partial charge in [-0.15, -0.1) is 0 Å². The molecule has 0 radical (unpaired) electrons. The zero-order valence-electron chi connectivity index (χ0n) is 16.6. The minimum Gasteiger partial charge on any atom is -0.344 e. The van der Waals surface area contributed by atoms with Crippen LogP contribution in [0.2, 0.25) is 0 Å². The summed E-state index contributed by atoms with van der Waals surface area (Å²) in [7, 11) is 0. The van der Waals surface area contributed by atoms with Gasteiger partial charge in [-0.05, 0) is 31.6 Å². The van der Waals surface area contributed by atoms with Crippen molar-refractivity contribution in [1.29, 1.82) is 0 Å². The Morgan fingerprint density at radius 3 is 2.58 bits per heavy atom.